The van der Waals surface area contributed by atoms with Gasteiger partial charge >= 0.3 is 5.97 Å². The van der Waals surface area contributed by atoms with Gasteiger partial charge in [-0.25, -0.2) is 4.79 Å². The summed E-state index contributed by atoms with van der Waals surface area (Å²) in [6.07, 6.45) is 0. The number of furan rings is 1. The van der Waals surface area contributed by atoms with Crippen molar-refractivity contribution in [2.45, 2.75) is 26.8 Å². The Morgan fingerprint density at radius 2 is 1.66 bits per heavy atom. The predicted molar refractivity (Wildman–Crippen MR) is 160 cm³/mol. The Bertz CT molecular complexity index is 1650. The Morgan fingerprint density at radius 1 is 1.07 bits per heavy atom. The predicted octanol–water partition coefficient (Wildman–Crippen LogP) is 6.59. The van der Waals surface area contributed by atoms with Crippen molar-refractivity contribution in [1.82, 2.24) is 0 Å². The largest absolute Gasteiger partial charge is 0.755 e. The van der Waals surface area contributed by atoms with Gasteiger partial charge in [0.2, 0.25) is 0 Å². The molecule has 0 bridgehead atoms. The fourth-order valence-electron chi connectivity index (χ4n) is 4.68. The summed E-state index contributed by atoms with van der Waals surface area (Å²) in [4.78, 5) is 24.8. The van der Waals surface area contributed by atoms with Crippen LogP contribution in [0.5, 0.6) is 5.75 Å². The Hall–Kier alpha value is -4.12. The van der Waals surface area contributed by atoms with Crippen LogP contribution in [0, 0.1) is 12.8 Å². The smallest absolute Gasteiger partial charge is 0.327 e. The highest BCUT2D eigenvalue weighted by atomic mass is 35.5. The van der Waals surface area contributed by atoms with Crippen LogP contribution in [-0.4, -0.2) is 38.9 Å². The number of methoxy groups -OCH3 is 1. The molecule has 0 aliphatic heterocycles. The molecule has 1 heterocycles. The quantitative estimate of drug-likeness (QED) is 0.198. The molecule has 9 nitrogen and oxygen atoms in total. The summed E-state index contributed by atoms with van der Waals surface area (Å²) in [5.41, 5.74) is 4.04. The number of aryl methyl sites for hydroxylation is 1. The molecule has 2 atom stereocenters. The Kier molecular flexibility index (Phi) is 8.86. The second-order valence-corrected chi connectivity index (χ2v) is 10.9. The fourth-order valence-corrected chi connectivity index (χ4v) is 5.64. The molecule has 3 aromatic carbocycles. The molecule has 4 rings (SSSR count). The maximum Gasteiger partial charge on any atom is 0.327 e. The van der Waals surface area contributed by atoms with E-state index in [0.717, 1.165) is 15.4 Å². The molecule has 1 aromatic heterocycles. The van der Waals surface area contributed by atoms with Crippen molar-refractivity contribution in [2.75, 3.05) is 16.7 Å². The highest BCUT2D eigenvalue weighted by Crippen LogP contribution is 2.39. The van der Waals surface area contributed by atoms with E-state index in [4.69, 9.17) is 20.8 Å². The van der Waals surface area contributed by atoms with Crippen molar-refractivity contribution < 1.29 is 32.6 Å². The summed E-state index contributed by atoms with van der Waals surface area (Å²) in [5.74, 6) is -1.50. The molecule has 2 unspecified atom stereocenters. The van der Waals surface area contributed by atoms with Crippen molar-refractivity contribution in [3.8, 4) is 16.9 Å². The molecule has 11 heteroatoms. The number of ether oxygens (including phenoxy) is 1. The number of halogens is 1. The molecule has 0 saturated carbocycles. The zero-order chi connectivity index (χ0) is 30.0. The first-order valence-corrected chi connectivity index (χ1v) is 13.9. The number of hydrogen-bond acceptors (Lipinski definition) is 6. The molecule has 0 saturated heterocycles. The Labute approximate surface area is 244 Å². The molecule has 214 valence electrons. The number of fused-ring (bicyclic) bond motifs is 1. The van der Waals surface area contributed by atoms with Crippen LogP contribution in [-0.2, 0) is 16.1 Å². The lowest BCUT2D eigenvalue weighted by Gasteiger charge is -2.34. The van der Waals surface area contributed by atoms with Crippen molar-refractivity contribution in [2.24, 2.45) is 5.92 Å². The summed E-state index contributed by atoms with van der Waals surface area (Å²) in [5, 5.41) is 13.3. The third kappa shape index (κ3) is 6.00. The van der Waals surface area contributed by atoms with Gasteiger partial charge in [0.1, 0.15) is 17.4 Å². The number of nitrogens with one attached hydrogen (secondary N) is 1. The maximum atomic E-state index is 13.1. The lowest BCUT2D eigenvalue weighted by molar-refractivity contribution is -0.139. The van der Waals surface area contributed by atoms with Crippen LogP contribution in [0.15, 0.2) is 71.7 Å². The molecule has 0 aliphatic rings. The lowest BCUT2D eigenvalue weighted by Crippen LogP contribution is -2.45. The third-order valence-electron chi connectivity index (χ3n) is 6.65. The number of carbonyl (C=O) groups excluding carboxylic acids is 1. The molecular formula is C30H28ClN2O7S-. The van der Waals surface area contributed by atoms with Gasteiger partial charge in [-0.1, -0.05) is 56.3 Å². The van der Waals surface area contributed by atoms with Crippen LogP contribution in [0.3, 0.4) is 0 Å². The van der Waals surface area contributed by atoms with Gasteiger partial charge in [0.25, 0.3) is 5.91 Å². The van der Waals surface area contributed by atoms with E-state index in [-0.39, 0.29) is 11.4 Å². The molecule has 4 aromatic rings. The summed E-state index contributed by atoms with van der Waals surface area (Å²) in [6.45, 7) is 8.82. The van der Waals surface area contributed by atoms with E-state index >= 15 is 0 Å². The topological polar surface area (TPSA) is 132 Å². The molecule has 0 radical (unpaired) electrons. The van der Waals surface area contributed by atoms with E-state index in [2.05, 4.69) is 11.9 Å². The van der Waals surface area contributed by atoms with Crippen molar-refractivity contribution in [3.63, 3.8) is 0 Å². The van der Waals surface area contributed by atoms with Gasteiger partial charge in [0, 0.05) is 38.8 Å². The number of rotatable bonds is 10. The van der Waals surface area contributed by atoms with Gasteiger partial charge in [0.05, 0.1) is 12.5 Å². The third-order valence-corrected chi connectivity index (χ3v) is 7.61. The number of carbonyl (C=O) groups is 2. The minimum Gasteiger partial charge on any atom is -0.755 e. The van der Waals surface area contributed by atoms with Gasteiger partial charge < -0.3 is 24.1 Å². The van der Waals surface area contributed by atoms with Gasteiger partial charge in [-0.15, -0.1) is 0 Å². The Balaban J connectivity index is 1.54. The normalized spacial score (nSPS) is 12.7. The van der Waals surface area contributed by atoms with Crippen molar-refractivity contribution >= 4 is 62.1 Å². The second-order valence-electron chi connectivity index (χ2n) is 9.63. The van der Waals surface area contributed by atoms with Gasteiger partial charge in [-0.05, 0) is 60.4 Å². The zero-order valence-corrected chi connectivity index (χ0v) is 24.3. The lowest BCUT2D eigenvalue weighted by atomic mass is 10.0. The van der Waals surface area contributed by atoms with Crippen LogP contribution < -0.4 is 14.4 Å². The summed E-state index contributed by atoms with van der Waals surface area (Å²) in [7, 11) is 1.51. The first-order chi connectivity index (χ1) is 19.4. The standard InChI is InChI=1S/C30H29ClN2O7S/c1-16(2)26(30(35)36)33(41(37)38)22-12-8-20(9-13-22)19-6-10-21(11-7-19)32-29(34)27-17(3)25-24(40-27)15-14-23(18(4)31)28(25)39-5/h6-16,26H,4H2,1-3,5H3,(H,32,34)(H,35,36)(H,37,38)/p-1. The number of nitrogens with zero attached hydrogens (tertiary/aromatic N) is 1. The molecule has 0 aliphatic carbocycles. The maximum absolute atomic E-state index is 13.1. The van der Waals surface area contributed by atoms with E-state index in [1.165, 1.54) is 7.11 Å². The van der Waals surface area contributed by atoms with Crippen molar-refractivity contribution in [3.05, 3.63) is 84.1 Å². The van der Waals surface area contributed by atoms with Crippen LogP contribution in [0.1, 0.15) is 35.5 Å². The number of hydrogen-bond donors (Lipinski definition) is 2. The highest BCUT2D eigenvalue weighted by Gasteiger charge is 2.30. The summed E-state index contributed by atoms with van der Waals surface area (Å²) >= 11 is 3.33. The van der Waals surface area contributed by atoms with Crippen molar-refractivity contribution in [1.29, 1.82) is 0 Å². The monoisotopic (exact) mass is 595 g/mol. The van der Waals surface area contributed by atoms with Crippen LogP contribution in [0.4, 0.5) is 11.4 Å². The number of carboxylic acids is 1. The first kappa shape index (κ1) is 29.9. The molecular weight excluding hydrogens is 568 g/mol. The average Bonchev–Trinajstić information content (AvgIpc) is 3.27. The van der Waals surface area contributed by atoms with Gasteiger partial charge in [-0.3, -0.25) is 13.3 Å². The van der Waals surface area contributed by atoms with E-state index in [1.54, 1.807) is 81.4 Å². The fraction of sp³-hybridized carbons (Fsp3) is 0.200. The first-order valence-electron chi connectivity index (χ1n) is 12.5. The van der Waals surface area contributed by atoms with E-state index in [9.17, 15) is 23.5 Å². The Morgan fingerprint density at radius 3 is 2.15 bits per heavy atom. The minimum atomic E-state index is -2.78. The summed E-state index contributed by atoms with van der Waals surface area (Å²) < 4.78 is 36.0. The van der Waals surface area contributed by atoms with E-state index < -0.39 is 35.1 Å². The number of carboxylic acid groups (broad SMARTS) is 1. The van der Waals surface area contributed by atoms with Crippen LogP contribution in [0.2, 0.25) is 0 Å². The van der Waals surface area contributed by atoms with Crippen LogP contribution in [0.25, 0.3) is 27.1 Å². The van der Waals surface area contributed by atoms with E-state index in [1.807, 2.05) is 0 Å². The summed E-state index contributed by atoms with van der Waals surface area (Å²) in [6, 6.07) is 15.8. The SMILES string of the molecule is C=C(Cl)c1ccc2oc(C(=O)Nc3ccc(-c4ccc(N(C(C(=O)O)C(C)C)S(=O)[O-])cc4)cc3)c(C)c2c1OC. The average molecular weight is 596 g/mol. The van der Waals surface area contributed by atoms with Gasteiger partial charge in [-0.2, -0.15) is 0 Å². The molecule has 0 fully saturated rings. The number of anilines is 2. The van der Waals surface area contributed by atoms with Gasteiger partial charge in [0.15, 0.2) is 5.76 Å². The zero-order valence-electron chi connectivity index (χ0n) is 22.8. The molecule has 41 heavy (non-hydrogen) atoms. The van der Waals surface area contributed by atoms with E-state index in [0.29, 0.717) is 38.6 Å². The highest BCUT2D eigenvalue weighted by molar-refractivity contribution is 7.80. The minimum absolute atomic E-state index is 0.136. The number of benzene rings is 3. The molecule has 2 N–H and O–H groups in total. The molecule has 0 spiro atoms. The second kappa shape index (κ2) is 12.2. The molecule has 1 amide bonds. The number of amides is 1. The number of aliphatic carboxylic acids is 1. The van der Waals surface area contributed by atoms with Crippen LogP contribution >= 0.6 is 11.6 Å².